The molecule has 2 saturated heterocycles. The summed E-state index contributed by atoms with van der Waals surface area (Å²) < 4.78 is 14.0. The molecule has 6 atom stereocenters. The molecular formula is C28H33N5O6. The first-order valence-corrected chi connectivity index (χ1v) is 13.6. The Balaban J connectivity index is 1.45. The summed E-state index contributed by atoms with van der Waals surface area (Å²) in [5.74, 6) is -3.14. The number of allylic oxidation sites excluding steroid dienone is 1. The maximum absolute atomic E-state index is 14.4. The van der Waals surface area contributed by atoms with Crippen LogP contribution in [0.3, 0.4) is 0 Å². The number of esters is 1. The van der Waals surface area contributed by atoms with Crippen molar-refractivity contribution >= 4 is 28.8 Å². The highest BCUT2D eigenvalue weighted by atomic mass is 16.6. The Bertz CT molecular complexity index is 1370. The van der Waals surface area contributed by atoms with Gasteiger partial charge in [0.1, 0.15) is 29.7 Å². The van der Waals surface area contributed by atoms with E-state index in [1.165, 1.54) is 4.90 Å². The standard InChI is InChI=1S/C28H33N5O6/c1-3-18(16-34)33-23-25(36)31(17-32-20-11-6-5-10-19(20)29-30-32)14-9-13-28(23)21(24(33)35)22-26(37)38-15-8-4-7-12-27(22,2)39-28/h5-7,9-13,18,21-23,34H,3-4,8,14-17H2,1-2H3/b12-7-/t18-,21-,22+,23?,27-,28-/m0/s1. The van der Waals surface area contributed by atoms with Crippen molar-refractivity contribution in [1.29, 1.82) is 0 Å². The molecule has 11 heteroatoms. The van der Waals surface area contributed by atoms with Gasteiger partial charge < -0.3 is 24.4 Å². The summed E-state index contributed by atoms with van der Waals surface area (Å²) >= 11 is 0. The van der Waals surface area contributed by atoms with Crippen LogP contribution in [0.15, 0.2) is 48.6 Å². The third-order valence-electron chi connectivity index (χ3n) is 8.57. The normalized spacial score (nSPS) is 34.0. The van der Waals surface area contributed by atoms with Crippen LogP contribution in [-0.4, -0.2) is 90.7 Å². The monoisotopic (exact) mass is 535 g/mol. The first-order valence-electron chi connectivity index (χ1n) is 13.6. The molecule has 0 saturated carbocycles. The molecular weight excluding hydrogens is 502 g/mol. The molecule has 4 aliphatic rings. The molecule has 1 aromatic carbocycles. The molecule has 2 aromatic rings. The van der Waals surface area contributed by atoms with Crippen molar-refractivity contribution in [3.63, 3.8) is 0 Å². The van der Waals surface area contributed by atoms with E-state index in [9.17, 15) is 19.5 Å². The van der Waals surface area contributed by atoms with Crippen molar-refractivity contribution in [1.82, 2.24) is 24.8 Å². The van der Waals surface area contributed by atoms with Gasteiger partial charge in [-0.1, -0.05) is 48.6 Å². The first-order chi connectivity index (χ1) is 18.8. The van der Waals surface area contributed by atoms with Crippen LogP contribution in [0.25, 0.3) is 11.0 Å². The van der Waals surface area contributed by atoms with Crippen LogP contribution in [0.1, 0.15) is 33.1 Å². The number of cyclic esters (lactones) is 1. The first kappa shape index (κ1) is 25.7. The Morgan fingerprint density at radius 2 is 1.95 bits per heavy atom. The number of aliphatic hydroxyl groups is 1. The molecule has 4 aliphatic heterocycles. The van der Waals surface area contributed by atoms with Crippen LogP contribution in [-0.2, 0) is 30.5 Å². The maximum atomic E-state index is 14.4. The van der Waals surface area contributed by atoms with Crippen molar-refractivity contribution in [2.75, 3.05) is 19.8 Å². The van der Waals surface area contributed by atoms with Crippen molar-refractivity contribution in [3.8, 4) is 0 Å². The zero-order valence-corrected chi connectivity index (χ0v) is 22.1. The lowest BCUT2D eigenvalue weighted by molar-refractivity contribution is -0.161. The molecule has 206 valence electrons. The summed E-state index contributed by atoms with van der Waals surface area (Å²) in [4.78, 5) is 45.2. The number of nitrogens with zero attached hydrogens (tertiary/aromatic N) is 5. The van der Waals surface area contributed by atoms with Gasteiger partial charge >= 0.3 is 5.97 Å². The number of hydrogen-bond acceptors (Lipinski definition) is 8. The zero-order valence-electron chi connectivity index (χ0n) is 22.1. The second-order valence-electron chi connectivity index (χ2n) is 10.9. The molecule has 5 heterocycles. The number of carbonyl (C=O) groups excluding carboxylic acids is 3. The smallest absolute Gasteiger partial charge is 0.313 e. The minimum atomic E-state index is -1.40. The summed E-state index contributed by atoms with van der Waals surface area (Å²) in [6, 6.07) is 5.79. The number of likely N-dealkylation sites (tertiary alicyclic amines) is 1. The van der Waals surface area contributed by atoms with Gasteiger partial charge in [0.15, 0.2) is 0 Å². The number of amides is 2. The Morgan fingerprint density at radius 1 is 1.13 bits per heavy atom. The van der Waals surface area contributed by atoms with Crippen molar-refractivity contribution in [3.05, 3.63) is 48.6 Å². The Morgan fingerprint density at radius 3 is 2.74 bits per heavy atom. The summed E-state index contributed by atoms with van der Waals surface area (Å²) in [5, 5.41) is 18.7. The fourth-order valence-electron chi connectivity index (χ4n) is 6.74. The Kier molecular flexibility index (Phi) is 6.30. The minimum absolute atomic E-state index is 0.113. The Labute approximate surface area is 226 Å². The van der Waals surface area contributed by atoms with Gasteiger partial charge in [-0.3, -0.25) is 14.4 Å². The van der Waals surface area contributed by atoms with E-state index in [2.05, 4.69) is 10.3 Å². The summed E-state index contributed by atoms with van der Waals surface area (Å²) in [7, 11) is 0. The number of ether oxygens (including phenoxy) is 2. The molecule has 2 fully saturated rings. The van der Waals surface area contributed by atoms with E-state index in [4.69, 9.17) is 9.47 Å². The number of aromatic nitrogens is 3. The maximum Gasteiger partial charge on any atom is 0.313 e. The second kappa shape index (κ2) is 9.56. The number of benzene rings is 1. The third kappa shape index (κ3) is 3.81. The van der Waals surface area contributed by atoms with Crippen molar-refractivity contribution < 1.29 is 29.0 Å². The lowest BCUT2D eigenvalue weighted by Gasteiger charge is -2.39. The molecule has 1 aromatic heterocycles. The van der Waals surface area contributed by atoms with Gasteiger partial charge in [-0.25, -0.2) is 4.68 Å². The Hall–Kier alpha value is -3.57. The summed E-state index contributed by atoms with van der Waals surface area (Å²) in [5.41, 5.74) is -1.06. The van der Waals surface area contributed by atoms with Crippen LogP contribution in [0.5, 0.6) is 0 Å². The topological polar surface area (TPSA) is 127 Å². The van der Waals surface area contributed by atoms with E-state index < -0.39 is 41.1 Å². The molecule has 1 spiro atoms. The zero-order chi connectivity index (χ0) is 27.4. The van der Waals surface area contributed by atoms with Crippen LogP contribution in [0, 0.1) is 11.8 Å². The molecule has 2 amide bonds. The fourth-order valence-corrected chi connectivity index (χ4v) is 6.74. The van der Waals surface area contributed by atoms with Crippen LogP contribution < -0.4 is 0 Å². The van der Waals surface area contributed by atoms with E-state index in [1.807, 2.05) is 49.4 Å². The lowest BCUT2D eigenvalue weighted by Crippen LogP contribution is -2.58. The van der Waals surface area contributed by atoms with Gasteiger partial charge in [0, 0.05) is 6.54 Å². The number of fused-ring (bicyclic) bond motifs is 3. The minimum Gasteiger partial charge on any atom is -0.465 e. The predicted octanol–water partition coefficient (Wildman–Crippen LogP) is 1.42. The van der Waals surface area contributed by atoms with E-state index in [0.717, 1.165) is 5.52 Å². The molecule has 1 unspecified atom stereocenters. The van der Waals surface area contributed by atoms with E-state index in [-0.39, 0.29) is 38.2 Å². The highest BCUT2D eigenvalue weighted by Crippen LogP contribution is 2.57. The van der Waals surface area contributed by atoms with Crippen LogP contribution in [0.2, 0.25) is 0 Å². The van der Waals surface area contributed by atoms with Crippen LogP contribution >= 0.6 is 0 Å². The SMILES string of the molecule is CC[C@@H](CO)N1C(=O)[C@@H]2[C@@H]3C(=O)OCCC/C=C\[C@]3(C)O[C@@]23C=CCN(Cn2nnc4ccccc42)C(=O)C13. The molecule has 0 aliphatic carbocycles. The summed E-state index contributed by atoms with van der Waals surface area (Å²) in [6.07, 6.45) is 9.22. The molecule has 39 heavy (non-hydrogen) atoms. The number of para-hydroxylation sites is 1. The largest absolute Gasteiger partial charge is 0.465 e. The van der Waals surface area contributed by atoms with E-state index >= 15 is 0 Å². The molecule has 6 rings (SSSR count). The van der Waals surface area contributed by atoms with E-state index in [1.54, 1.807) is 22.6 Å². The van der Waals surface area contributed by atoms with Gasteiger partial charge in [-0.2, -0.15) is 0 Å². The molecule has 1 N–H and O–H groups in total. The van der Waals surface area contributed by atoms with Gasteiger partial charge in [-0.05, 0) is 38.3 Å². The third-order valence-corrected chi connectivity index (χ3v) is 8.57. The van der Waals surface area contributed by atoms with Crippen molar-refractivity contribution in [2.45, 2.75) is 63.1 Å². The number of aliphatic hydroxyl groups excluding tert-OH is 1. The molecule has 0 radical (unpaired) electrons. The summed E-state index contributed by atoms with van der Waals surface area (Å²) in [6.45, 7) is 3.93. The highest BCUT2D eigenvalue weighted by molar-refractivity contribution is 5.99. The number of rotatable bonds is 5. The quantitative estimate of drug-likeness (QED) is 0.450. The van der Waals surface area contributed by atoms with E-state index in [0.29, 0.717) is 24.8 Å². The lowest BCUT2D eigenvalue weighted by atomic mass is 9.74. The van der Waals surface area contributed by atoms with Crippen LogP contribution in [0.4, 0.5) is 0 Å². The highest BCUT2D eigenvalue weighted by Gasteiger charge is 2.75. The average molecular weight is 536 g/mol. The molecule has 11 nitrogen and oxygen atoms in total. The predicted molar refractivity (Wildman–Crippen MR) is 139 cm³/mol. The second-order valence-corrected chi connectivity index (χ2v) is 10.9. The van der Waals surface area contributed by atoms with Crippen molar-refractivity contribution in [2.24, 2.45) is 11.8 Å². The molecule has 0 bridgehead atoms. The van der Waals surface area contributed by atoms with Gasteiger partial charge in [0.2, 0.25) is 5.91 Å². The number of carbonyl (C=O) groups is 3. The fraction of sp³-hybridized carbons (Fsp3) is 0.536. The van der Waals surface area contributed by atoms with Gasteiger partial charge in [0.25, 0.3) is 5.91 Å². The van der Waals surface area contributed by atoms with Gasteiger partial charge in [0.05, 0.1) is 36.3 Å². The number of hydrogen-bond donors (Lipinski definition) is 1. The van der Waals surface area contributed by atoms with Gasteiger partial charge in [-0.15, -0.1) is 5.10 Å². The average Bonchev–Trinajstić information content (AvgIpc) is 3.50.